The number of halogens is 1. The van der Waals surface area contributed by atoms with Crippen LogP contribution < -0.4 is 10.6 Å². The quantitative estimate of drug-likeness (QED) is 0.692. The number of benzene rings is 2. The SMILES string of the molecule is Cc1ccc(CNc2ccc(C(=O)NCc3ccccc3Cl)nn2)cc1. The Balaban J connectivity index is 1.54. The Morgan fingerprint density at radius 2 is 1.73 bits per heavy atom. The number of hydrogen-bond acceptors (Lipinski definition) is 4. The first-order chi connectivity index (χ1) is 12.6. The van der Waals surface area contributed by atoms with Crippen molar-refractivity contribution in [2.24, 2.45) is 0 Å². The molecule has 1 aromatic heterocycles. The van der Waals surface area contributed by atoms with Crippen molar-refractivity contribution < 1.29 is 4.79 Å². The molecule has 3 aromatic rings. The molecular formula is C20H19ClN4O. The van der Waals surface area contributed by atoms with Crippen molar-refractivity contribution in [3.05, 3.63) is 88.1 Å². The van der Waals surface area contributed by atoms with Crippen LogP contribution in [-0.2, 0) is 13.1 Å². The molecule has 1 amide bonds. The smallest absolute Gasteiger partial charge is 0.272 e. The largest absolute Gasteiger partial charge is 0.365 e. The molecule has 0 spiro atoms. The first kappa shape index (κ1) is 17.9. The van der Waals surface area contributed by atoms with Gasteiger partial charge in [-0.05, 0) is 36.2 Å². The molecule has 6 heteroatoms. The van der Waals surface area contributed by atoms with E-state index in [2.05, 4.69) is 52.0 Å². The Hall–Kier alpha value is -2.92. The third kappa shape index (κ3) is 4.80. The van der Waals surface area contributed by atoms with Crippen LogP contribution in [0.5, 0.6) is 0 Å². The van der Waals surface area contributed by atoms with Crippen molar-refractivity contribution in [2.45, 2.75) is 20.0 Å². The summed E-state index contributed by atoms with van der Waals surface area (Å²) in [7, 11) is 0. The molecule has 3 rings (SSSR count). The zero-order valence-electron chi connectivity index (χ0n) is 14.4. The fraction of sp³-hybridized carbons (Fsp3) is 0.150. The van der Waals surface area contributed by atoms with Crippen molar-refractivity contribution >= 4 is 23.3 Å². The Bertz CT molecular complexity index is 879. The number of nitrogens with one attached hydrogen (secondary N) is 2. The maximum absolute atomic E-state index is 12.2. The van der Waals surface area contributed by atoms with E-state index in [4.69, 9.17) is 11.6 Å². The molecule has 0 aliphatic rings. The average molecular weight is 367 g/mol. The van der Waals surface area contributed by atoms with Gasteiger partial charge < -0.3 is 10.6 Å². The number of nitrogens with zero attached hydrogens (tertiary/aromatic N) is 2. The molecule has 0 saturated carbocycles. The Morgan fingerprint density at radius 1 is 0.962 bits per heavy atom. The Morgan fingerprint density at radius 3 is 2.42 bits per heavy atom. The minimum Gasteiger partial charge on any atom is -0.365 e. The summed E-state index contributed by atoms with van der Waals surface area (Å²) in [6.45, 7) is 3.04. The monoisotopic (exact) mass is 366 g/mol. The second-order valence-corrected chi connectivity index (χ2v) is 6.32. The van der Waals surface area contributed by atoms with Gasteiger partial charge in [0, 0.05) is 18.1 Å². The zero-order chi connectivity index (χ0) is 18.4. The molecule has 2 aromatic carbocycles. The van der Waals surface area contributed by atoms with Gasteiger partial charge in [0.15, 0.2) is 5.69 Å². The van der Waals surface area contributed by atoms with E-state index in [0.29, 0.717) is 23.9 Å². The maximum atomic E-state index is 12.2. The van der Waals surface area contributed by atoms with E-state index >= 15 is 0 Å². The highest BCUT2D eigenvalue weighted by molar-refractivity contribution is 6.31. The number of carbonyl (C=O) groups excluding carboxylic acids is 1. The van der Waals surface area contributed by atoms with E-state index in [1.165, 1.54) is 5.56 Å². The Labute approximate surface area is 157 Å². The minimum atomic E-state index is -0.289. The van der Waals surface area contributed by atoms with Crippen molar-refractivity contribution in [2.75, 3.05) is 5.32 Å². The second kappa shape index (κ2) is 8.45. The van der Waals surface area contributed by atoms with Gasteiger partial charge >= 0.3 is 0 Å². The van der Waals surface area contributed by atoms with Crippen LogP contribution >= 0.6 is 11.6 Å². The molecule has 0 aliphatic heterocycles. The summed E-state index contributed by atoms with van der Waals surface area (Å²) in [6, 6.07) is 19.0. The molecule has 2 N–H and O–H groups in total. The lowest BCUT2D eigenvalue weighted by atomic mass is 10.1. The first-order valence-corrected chi connectivity index (χ1v) is 8.64. The van der Waals surface area contributed by atoms with E-state index in [1.807, 2.05) is 18.2 Å². The average Bonchev–Trinajstić information content (AvgIpc) is 2.67. The van der Waals surface area contributed by atoms with Gasteiger partial charge in [0.1, 0.15) is 5.82 Å². The lowest BCUT2D eigenvalue weighted by molar-refractivity contribution is 0.0945. The lowest BCUT2D eigenvalue weighted by Gasteiger charge is -2.08. The van der Waals surface area contributed by atoms with Crippen molar-refractivity contribution in [3.63, 3.8) is 0 Å². The van der Waals surface area contributed by atoms with Crippen LogP contribution in [0.4, 0.5) is 5.82 Å². The van der Waals surface area contributed by atoms with Gasteiger partial charge in [0.25, 0.3) is 5.91 Å². The molecule has 0 radical (unpaired) electrons. The fourth-order valence-electron chi connectivity index (χ4n) is 2.35. The van der Waals surface area contributed by atoms with Gasteiger partial charge in [-0.3, -0.25) is 4.79 Å². The number of aromatic nitrogens is 2. The van der Waals surface area contributed by atoms with Gasteiger partial charge in [-0.2, -0.15) is 0 Å². The summed E-state index contributed by atoms with van der Waals surface area (Å²) in [4.78, 5) is 12.2. The van der Waals surface area contributed by atoms with Gasteiger partial charge in [0.2, 0.25) is 0 Å². The molecule has 0 bridgehead atoms. The third-order valence-electron chi connectivity index (χ3n) is 3.89. The van der Waals surface area contributed by atoms with Crippen LogP contribution in [0.3, 0.4) is 0 Å². The van der Waals surface area contributed by atoms with E-state index in [-0.39, 0.29) is 11.6 Å². The standard InChI is InChI=1S/C20H19ClN4O/c1-14-6-8-15(9-7-14)12-22-19-11-10-18(24-25-19)20(26)23-13-16-4-2-3-5-17(16)21/h2-11H,12-13H2,1H3,(H,22,25)(H,23,26). The Kier molecular flexibility index (Phi) is 5.81. The number of anilines is 1. The van der Waals surface area contributed by atoms with Crippen LogP contribution in [0.15, 0.2) is 60.7 Å². The topological polar surface area (TPSA) is 66.9 Å². The maximum Gasteiger partial charge on any atom is 0.272 e. The van der Waals surface area contributed by atoms with Crippen LogP contribution in [0, 0.1) is 6.92 Å². The number of aryl methyl sites for hydroxylation is 1. The van der Waals surface area contributed by atoms with Crippen LogP contribution in [0.25, 0.3) is 0 Å². The van der Waals surface area contributed by atoms with Crippen LogP contribution in [0.2, 0.25) is 5.02 Å². The van der Waals surface area contributed by atoms with Gasteiger partial charge in [0.05, 0.1) is 0 Å². The van der Waals surface area contributed by atoms with Crippen molar-refractivity contribution in [3.8, 4) is 0 Å². The molecule has 5 nitrogen and oxygen atoms in total. The number of hydrogen-bond donors (Lipinski definition) is 2. The summed E-state index contributed by atoms with van der Waals surface area (Å²) >= 11 is 6.08. The van der Waals surface area contributed by atoms with Gasteiger partial charge in [-0.25, -0.2) is 0 Å². The van der Waals surface area contributed by atoms with Gasteiger partial charge in [-0.1, -0.05) is 59.6 Å². The number of amides is 1. The minimum absolute atomic E-state index is 0.262. The van der Waals surface area contributed by atoms with E-state index in [1.54, 1.807) is 18.2 Å². The van der Waals surface area contributed by atoms with E-state index in [0.717, 1.165) is 11.1 Å². The molecule has 0 fully saturated rings. The summed E-state index contributed by atoms with van der Waals surface area (Å²) in [5.74, 6) is 0.329. The molecule has 26 heavy (non-hydrogen) atoms. The molecule has 1 heterocycles. The highest BCUT2D eigenvalue weighted by Crippen LogP contribution is 2.14. The predicted molar refractivity (Wildman–Crippen MR) is 103 cm³/mol. The highest BCUT2D eigenvalue weighted by Gasteiger charge is 2.09. The molecule has 0 atom stereocenters. The summed E-state index contributed by atoms with van der Waals surface area (Å²) in [6.07, 6.45) is 0. The van der Waals surface area contributed by atoms with Gasteiger partial charge in [-0.15, -0.1) is 10.2 Å². The fourth-order valence-corrected chi connectivity index (χ4v) is 2.56. The lowest BCUT2D eigenvalue weighted by Crippen LogP contribution is -2.24. The molecule has 132 valence electrons. The van der Waals surface area contributed by atoms with Crippen molar-refractivity contribution in [1.29, 1.82) is 0 Å². The highest BCUT2D eigenvalue weighted by atomic mass is 35.5. The zero-order valence-corrected chi connectivity index (χ0v) is 15.1. The second-order valence-electron chi connectivity index (χ2n) is 5.92. The summed E-state index contributed by atoms with van der Waals surface area (Å²) in [5, 5.41) is 14.6. The first-order valence-electron chi connectivity index (χ1n) is 8.26. The van der Waals surface area contributed by atoms with E-state index in [9.17, 15) is 4.79 Å². The third-order valence-corrected chi connectivity index (χ3v) is 4.26. The number of rotatable bonds is 6. The summed E-state index contributed by atoms with van der Waals surface area (Å²) in [5.41, 5.74) is 3.49. The van der Waals surface area contributed by atoms with E-state index < -0.39 is 0 Å². The summed E-state index contributed by atoms with van der Waals surface area (Å²) < 4.78 is 0. The molecular weight excluding hydrogens is 348 g/mol. The number of carbonyl (C=O) groups is 1. The molecule has 0 aliphatic carbocycles. The normalized spacial score (nSPS) is 10.4. The van der Waals surface area contributed by atoms with Crippen molar-refractivity contribution in [1.82, 2.24) is 15.5 Å². The van der Waals surface area contributed by atoms with Crippen LogP contribution in [-0.4, -0.2) is 16.1 Å². The van der Waals surface area contributed by atoms with Crippen LogP contribution in [0.1, 0.15) is 27.2 Å². The molecule has 0 unspecified atom stereocenters. The molecule has 0 saturated heterocycles. The predicted octanol–water partition coefficient (Wildman–Crippen LogP) is 3.98.